The van der Waals surface area contributed by atoms with Crippen LogP contribution in [0.2, 0.25) is 0 Å². The van der Waals surface area contributed by atoms with Gasteiger partial charge in [0.05, 0.1) is 0 Å². The first-order valence-electron chi connectivity index (χ1n) is 3.84. The quantitative estimate of drug-likeness (QED) is 0.574. The number of rotatable bonds is 3. The average Bonchev–Trinajstić information content (AvgIpc) is 2.73. The Morgan fingerprint density at radius 3 is 1.33 bits per heavy atom. The summed E-state index contributed by atoms with van der Waals surface area (Å²) >= 11 is 0. The Labute approximate surface area is 90.5 Å². The fourth-order valence-electron chi connectivity index (χ4n) is 0.922. The van der Waals surface area contributed by atoms with Gasteiger partial charge in [0, 0.05) is 0 Å². The Morgan fingerprint density at radius 1 is 0.778 bits per heavy atom. The lowest BCUT2D eigenvalue weighted by Crippen LogP contribution is -2.65. The number of halogens is 11. The van der Waals surface area contributed by atoms with Crippen LogP contribution >= 0.6 is 0 Å². The van der Waals surface area contributed by atoms with Crippen molar-refractivity contribution in [3.63, 3.8) is 0 Å². The van der Waals surface area contributed by atoms with Crippen LogP contribution in [-0.2, 0) is 4.74 Å². The molecule has 0 N–H and O–H groups in total. The molecule has 1 saturated heterocycles. The Morgan fingerprint density at radius 2 is 1.11 bits per heavy atom. The molecule has 0 aliphatic carbocycles. The summed E-state index contributed by atoms with van der Waals surface area (Å²) in [5.74, 6) is -26.4. The lowest BCUT2D eigenvalue weighted by Gasteiger charge is -2.33. The van der Waals surface area contributed by atoms with E-state index in [1.807, 2.05) is 0 Å². The van der Waals surface area contributed by atoms with Gasteiger partial charge in [-0.15, -0.1) is 0 Å². The molecule has 1 nitrogen and oxygen atoms in total. The van der Waals surface area contributed by atoms with Gasteiger partial charge in [-0.2, -0.15) is 43.9 Å². The highest BCUT2D eigenvalue weighted by molar-refractivity contribution is 5.12. The van der Waals surface area contributed by atoms with Crippen molar-refractivity contribution < 1.29 is 53.0 Å². The van der Waals surface area contributed by atoms with Crippen molar-refractivity contribution in [1.29, 1.82) is 0 Å². The number of ether oxygens (including phenoxy) is 1. The molecule has 1 aliphatic rings. The van der Waals surface area contributed by atoms with Crippen LogP contribution in [0.25, 0.3) is 0 Å². The van der Waals surface area contributed by atoms with Crippen LogP contribution in [0, 0.1) is 0 Å². The summed E-state index contributed by atoms with van der Waals surface area (Å²) in [6.07, 6.45) is -10.8. The van der Waals surface area contributed by atoms with E-state index in [1.165, 1.54) is 0 Å². The fourth-order valence-corrected chi connectivity index (χ4v) is 0.922. The third-order valence-electron chi connectivity index (χ3n) is 2.08. The fraction of sp³-hybridized carbons (Fsp3) is 1.00. The molecule has 0 unspecified atom stereocenters. The molecule has 12 heteroatoms. The molecule has 0 aromatic carbocycles. The van der Waals surface area contributed by atoms with Gasteiger partial charge in [0.15, 0.2) is 0 Å². The largest absolute Gasteiger partial charge is 0.460 e. The smallest absolute Gasteiger partial charge is 0.296 e. The van der Waals surface area contributed by atoms with E-state index in [-0.39, 0.29) is 0 Å². The minimum absolute atomic E-state index is 2.70. The molecule has 0 radical (unpaired) electrons. The number of alkyl halides is 11. The van der Waals surface area contributed by atoms with Crippen LogP contribution in [0.1, 0.15) is 0 Å². The Kier molecular flexibility index (Phi) is 2.87. The van der Waals surface area contributed by atoms with Crippen LogP contribution in [0.3, 0.4) is 0 Å². The average molecular weight is 298 g/mol. The van der Waals surface area contributed by atoms with Gasteiger partial charge in [0.25, 0.3) is 6.36 Å². The van der Waals surface area contributed by atoms with E-state index in [9.17, 15) is 48.3 Å². The van der Waals surface area contributed by atoms with Gasteiger partial charge < -0.3 is 0 Å². The van der Waals surface area contributed by atoms with Gasteiger partial charge in [-0.1, -0.05) is 0 Å². The highest BCUT2D eigenvalue weighted by Gasteiger charge is 2.92. The number of hydrogen-bond acceptors (Lipinski definition) is 1. The molecule has 18 heavy (non-hydrogen) atoms. The summed E-state index contributed by atoms with van der Waals surface area (Å²) in [6.45, 7) is 0. The molecule has 1 heterocycles. The molecule has 0 aromatic heterocycles. The van der Waals surface area contributed by atoms with Crippen molar-refractivity contribution in [3.05, 3.63) is 0 Å². The lowest BCUT2D eigenvalue weighted by molar-refractivity contribution is -0.410. The van der Waals surface area contributed by atoms with Crippen LogP contribution in [0.15, 0.2) is 0 Å². The van der Waals surface area contributed by atoms with Gasteiger partial charge in [-0.25, -0.2) is 4.39 Å². The highest BCUT2D eigenvalue weighted by Crippen LogP contribution is 2.62. The molecular formula is C6HF11O. The summed E-state index contributed by atoms with van der Waals surface area (Å²) in [5, 5.41) is 0. The number of epoxide rings is 1. The van der Waals surface area contributed by atoms with Crippen molar-refractivity contribution in [2.45, 2.75) is 36.2 Å². The maximum Gasteiger partial charge on any atom is 0.460 e. The highest BCUT2D eigenvalue weighted by atomic mass is 19.4. The van der Waals surface area contributed by atoms with E-state index >= 15 is 0 Å². The summed E-state index contributed by atoms with van der Waals surface area (Å²) in [5.41, 5.74) is 0. The van der Waals surface area contributed by atoms with Crippen LogP contribution in [-0.4, -0.2) is 36.2 Å². The predicted octanol–water partition coefficient (Wildman–Crippen LogP) is 3.45. The van der Waals surface area contributed by atoms with E-state index in [4.69, 9.17) is 0 Å². The monoisotopic (exact) mass is 298 g/mol. The zero-order valence-electron chi connectivity index (χ0n) is 7.64. The van der Waals surface area contributed by atoms with Gasteiger partial charge in [0.2, 0.25) is 0 Å². The molecule has 0 saturated carbocycles. The summed E-state index contributed by atoms with van der Waals surface area (Å²) in [6, 6.07) is 0. The minimum Gasteiger partial charge on any atom is -0.296 e. The molecule has 0 amide bonds. The SMILES string of the molecule is F[C@H]1O[C@@]1(F)C(F)(F)C(F)(F)C(F)(F)C(F)(F)F. The predicted molar refractivity (Wildman–Crippen MR) is 30.7 cm³/mol. The second kappa shape index (κ2) is 3.39. The molecule has 1 rings (SSSR count). The third-order valence-corrected chi connectivity index (χ3v) is 2.08. The minimum atomic E-state index is -7.27. The van der Waals surface area contributed by atoms with E-state index in [0.717, 1.165) is 0 Å². The molecule has 108 valence electrons. The van der Waals surface area contributed by atoms with Crippen molar-refractivity contribution in [2.24, 2.45) is 0 Å². The zero-order valence-corrected chi connectivity index (χ0v) is 7.64. The Bertz CT molecular complexity index is 346. The van der Waals surface area contributed by atoms with E-state index in [0.29, 0.717) is 0 Å². The Hall–Kier alpha value is -0.810. The normalized spacial score (nSPS) is 30.5. The van der Waals surface area contributed by atoms with Crippen molar-refractivity contribution >= 4 is 0 Å². The van der Waals surface area contributed by atoms with Gasteiger partial charge in [-0.05, 0) is 0 Å². The lowest BCUT2D eigenvalue weighted by atomic mass is 10.00. The number of hydrogen-bond donors (Lipinski definition) is 0. The Balaban J connectivity index is 3.22. The topological polar surface area (TPSA) is 12.5 Å². The summed E-state index contributed by atoms with van der Waals surface area (Å²) < 4.78 is 136. The van der Waals surface area contributed by atoms with Crippen LogP contribution in [0.5, 0.6) is 0 Å². The van der Waals surface area contributed by atoms with Crippen molar-refractivity contribution in [1.82, 2.24) is 0 Å². The second-order valence-electron chi connectivity index (χ2n) is 3.30. The first kappa shape index (κ1) is 15.2. The summed E-state index contributed by atoms with van der Waals surface area (Å²) in [7, 11) is 0. The van der Waals surface area contributed by atoms with Gasteiger partial charge in [0.1, 0.15) is 0 Å². The van der Waals surface area contributed by atoms with Crippen molar-refractivity contribution in [3.8, 4) is 0 Å². The van der Waals surface area contributed by atoms with Crippen LogP contribution < -0.4 is 0 Å². The molecule has 0 aromatic rings. The molecular weight excluding hydrogens is 297 g/mol. The molecule has 1 fully saturated rings. The molecule has 2 atom stereocenters. The maximum absolute atomic E-state index is 12.6. The van der Waals surface area contributed by atoms with E-state index in [1.54, 1.807) is 0 Å². The molecule has 1 aliphatic heterocycles. The zero-order chi connectivity index (χ0) is 14.8. The summed E-state index contributed by atoms with van der Waals surface area (Å²) in [4.78, 5) is 0. The van der Waals surface area contributed by atoms with E-state index in [2.05, 4.69) is 4.74 Å². The van der Waals surface area contributed by atoms with Crippen LogP contribution in [0.4, 0.5) is 48.3 Å². The van der Waals surface area contributed by atoms with Gasteiger partial charge >= 0.3 is 29.8 Å². The first-order valence-corrected chi connectivity index (χ1v) is 3.84. The van der Waals surface area contributed by atoms with E-state index < -0.39 is 36.2 Å². The maximum atomic E-state index is 12.6. The molecule has 0 spiro atoms. The first-order chi connectivity index (χ1) is 7.63. The second-order valence-corrected chi connectivity index (χ2v) is 3.30. The van der Waals surface area contributed by atoms with Crippen molar-refractivity contribution in [2.75, 3.05) is 0 Å². The standard InChI is InChI=1S/C6HF11O/c7-1-2(8,18-1)3(9,10)4(11,12)5(13,14)6(15,16)17/h1H/t1-,2+/m0/s1. The third kappa shape index (κ3) is 1.57. The van der Waals surface area contributed by atoms with Gasteiger partial charge in [-0.3, -0.25) is 4.74 Å². The molecule has 0 bridgehead atoms.